The highest BCUT2D eigenvalue weighted by molar-refractivity contribution is 5.72. The van der Waals surface area contributed by atoms with Crippen molar-refractivity contribution in [3.8, 4) is 11.3 Å². The summed E-state index contributed by atoms with van der Waals surface area (Å²) in [6.45, 7) is 3.85. The second-order valence-corrected chi connectivity index (χ2v) is 6.11. The lowest BCUT2D eigenvalue weighted by atomic mass is 10.1. The van der Waals surface area contributed by atoms with Crippen LogP contribution >= 0.6 is 0 Å². The Morgan fingerprint density at radius 1 is 0.923 bits per heavy atom. The summed E-state index contributed by atoms with van der Waals surface area (Å²) < 4.78 is 28.4. The number of nitrogens with zero attached hydrogens (tertiary/aromatic N) is 3. The van der Waals surface area contributed by atoms with E-state index in [0.29, 0.717) is 17.2 Å². The zero-order valence-corrected chi connectivity index (χ0v) is 14.3. The molecule has 130 valence electrons. The van der Waals surface area contributed by atoms with E-state index in [-0.39, 0.29) is 0 Å². The summed E-state index contributed by atoms with van der Waals surface area (Å²) >= 11 is 0. The third kappa shape index (κ3) is 2.79. The fourth-order valence-electron chi connectivity index (χ4n) is 2.93. The Kier molecular flexibility index (Phi) is 3.88. The van der Waals surface area contributed by atoms with E-state index in [9.17, 15) is 8.78 Å². The van der Waals surface area contributed by atoms with Gasteiger partial charge in [0.2, 0.25) is 0 Å². The number of aromatic nitrogens is 3. The molecule has 0 bridgehead atoms. The first-order chi connectivity index (χ1) is 12.5. The van der Waals surface area contributed by atoms with Gasteiger partial charge in [-0.25, -0.2) is 13.8 Å². The van der Waals surface area contributed by atoms with E-state index in [1.807, 2.05) is 50.2 Å². The lowest BCUT2D eigenvalue weighted by Gasteiger charge is -2.09. The fourth-order valence-corrected chi connectivity index (χ4v) is 2.93. The van der Waals surface area contributed by atoms with E-state index in [4.69, 9.17) is 0 Å². The molecule has 0 amide bonds. The number of fused-ring (bicyclic) bond motifs is 1. The molecule has 6 heteroatoms. The molecule has 2 aromatic carbocycles. The van der Waals surface area contributed by atoms with Crippen molar-refractivity contribution in [3.05, 3.63) is 77.5 Å². The average Bonchev–Trinajstić information content (AvgIpc) is 2.96. The highest BCUT2D eigenvalue weighted by Gasteiger charge is 2.15. The Morgan fingerprint density at radius 2 is 1.69 bits per heavy atom. The summed E-state index contributed by atoms with van der Waals surface area (Å²) in [5.74, 6) is -1.16. The van der Waals surface area contributed by atoms with Crippen LogP contribution in [0.3, 0.4) is 0 Å². The number of halogens is 2. The quantitative estimate of drug-likeness (QED) is 0.563. The van der Waals surface area contributed by atoms with E-state index >= 15 is 0 Å². The summed E-state index contributed by atoms with van der Waals surface area (Å²) in [7, 11) is 0. The zero-order chi connectivity index (χ0) is 18.3. The summed E-state index contributed by atoms with van der Waals surface area (Å²) in [4.78, 5) is 4.58. The van der Waals surface area contributed by atoms with Crippen LogP contribution in [0.2, 0.25) is 0 Å². The molecule has 4 aromatic rings. The smallest absolute Gasteiger partial charge is 0.161 e. The molecule has 0 unspecified atom stereocenters. The van der Waals surface area contributed by atoms with Crippen molar-refractivity contribution >= 4 is 17.2 Å². The minimum atomic E-state index is -0.904. The maximum Gasteiger partial charge on any atom is 0.161 e. The van der Waals surface area contributed by atoms with Gasteiger partial charge in [0.1, 0.15) is 5.82 Å². The minimum absolute atomic E-state index is 0.435. The maximum atomic E-state index is 13.5. The number of hydrogen-bond donors (Lipinski definition) is 1. The molecular weight excluding hydrogens is 334 g/mol. The van der Waals surface area contributed by atoms with Gasteiger partial charge in [-0.15, -0.1) is 0 Å². The molecule has 1 N–H and O–H groups in total. The normalized spacial score (nSPS) is 11.1. The molecule has 0 spiro atoms. The van der Waals surface area contributed by atoms with Crippen molar-refractivity contribution in [2.24, 2.45) is 0 Å². The molecule has 0 radical (unpaired) electrons. The van der Waals surface area contributed by atoms with Crippen LogP contribution in [0.5, 0.6) is 0 Å². The monoisotopic (exact) mass is 350 g/mol. The highest BCUT2D eigenvalue weighted by atomic mass is 19.2. The molecule has 0 aliphatic heterocycles. The molecule has 0 saturated heterocycles. The number of benzene rings is 2. The number of hydrogen-bond acceptors (Lipinski definition) is 3. The van der Waals surface area contributed by atoms with Crippen molar-refractivity contribution < 1.29 is 8.78 Å². The Bertz CT molecular complexity index is 1100. The van der Waals surface area contributed by atoms with E-state index in [1.165, 1.54) is 6.07 Å². The summed E-state index contributed by atoms with van der Waals surface area (Å²) in [5.41, 5.74) is 4.72. The van der Waals surface area contributed by atoms with Crippen molar-refractivity contribution in [2.45, 2.75) is 13.8 Å². The van der Waals surface area contributed by atoms with Crippen molar-refractivity contribution in [3.63, 3.8) is 0 Å². The molecule has 2 heterocycles. The Morgan fingerprint density at radius 3 is 2.42 bits per heavy atom. The van der Waals surface area contributed by atoms with Gasteiger partial charge in [0.25, 0.3) is 0 Å². The van der Waals surface area contributed by atoms with Crippen LogP contribution in [-0.4, -0.2) is 14.6 Å². The second-order valence-electron chi connectivity index (χ2n) is 6.11. The van der Waals surface area contributed by atoms with Crippen LogP contribution < -0.4 is 5.32 Å². The van der Waals surface area contributed by atoms with E-state index < -0.39 is 11.6 Å². The molecule has 0 fully saturated rings. The predicted molar refractivity (Wildman–Crippen MR) is 97.5 cm³/mol. The van der Waals surface area contributed by atoms with Gasteiger partial charge in [-0.1, -0.05) is 30.3 Å². The first kappa shape index (κ1) is 16.2. The van der Waals surface area contributed by atoms with Crippen LogP contribution in [0, 0.1) is 25.5 Å². The lowest BCUT2D eigenvalue weighted by Crippen LogP contribution is -2.03. The van der Waals surface area contributed by atoms with Gasteiger partial charge in [0.05, 0.1) is 5.69 Å². The van der Waals surface area contributed by atoms with E-state index in [0.717, 1.165) is 34.6 Å². The maximum absolute atomic E-state index is 13.5. The lowest BCUT2D eigenvalue weighted by molar-refractivity contribution is 0.509. The largest absolute Gasteiger partial charge is 0.340 e. The van der Waals surface area contributed by atoms with E-state index in [1.54, 1.807) is 4.52 Å². The van der Waals surface area contributed by atoms with Gasteiger partial charge in [-0.05, 0) is 26.0 Å². The molecule has 4 rings (SSSR count). The fraction of sp³-hybridized carbons (Fsp3) is 0.100. The molecule has 2 aromatic heterocycles. The number of anilines is 2. The van der Waals surface area contributed by atoms with Crippen LogP contribution in [0.25, 0.3) is 16.9 Å². The Balaban J connectivity index is 1.85. The molecule has 4 nitrogen and oxygen atoms in total. The van der Waals surface area contributed by atoms with Crippen molar-refractivity contribution in [1.82, 2.24) is 14.6 Å². The third-order valence-corrected chi connectivity index (χ3v) is 4.19. The van der Waals surface area contributed by atoms with Crippen LogP contribution in [0.15, 0.2) is 54.6 Å². The van der Waals surface area contributed by atoms with Gasteiger partial charge in [0.15, 0.2) is 17.3 Å². The average molecular weight is 350 g/mol. The first-order valence-electron chi connectivity index (χ1n) is 8.17. The first-order valence-corrected chi connectivity index (χ1v) is 8.17. The van der Waals surface area contributed by atoms with E-state index in [2.05, 4.69) is 15.4 Å². The van der Waals surface area contributed by atoms with Crippen molar-refractivity contribution in [2.75, 3.05) is 5.32 Å². The topological polar surface area (TPSA) is 42.2 Å². The predicted octanol–water partition coefficient (Wildman–Crippen LogP) is 5.03. The second kappa shape index (κ2) is 6.22. The summed E-state index contributed by atoms with van der Waals surface area (Å²) in [5, 5.41) is 7.79. The molecular formula is C20H16F2N4. The number of aryl methyl sites for hydroxylation is 2. The van der Waals surface area contributed by atoms with Gasteiger partial charge in [-0.2, -0.15) is 9.61 Å². The SMILES string of the molecule is Cc1cc(Nc2ccc(F)c(F)c2)n2nc(-c3ccccc3)c(C)c2n1. The Hall–Kier alpha value is -3.28. The highest BCUT2D eigenvalue weighted by Crippen LogP contribution is 2.28. The zero-order valence-electron chi connectivity index (χ0n) is 14.3. The van der Waals surface area contributed by atoms with Gasteiger partial charge in [-0.3, -0.25) is 0 Å². The van der Waals surface area contributed by atoms with Crippen LogP contribution in [0.1, 0.15) is 11.3 Å². The third-order valence-electron chi connectivity index (χ3n) is 4.19. The molecule has 0 saturated carbocycles. The minimum Gasteiger partial charge on any atom is -0.340 e. The summed E-state index contributed by atoms with van der Waals surface area (Å²) in [6.07, 6.45) is 0. The molecule has 0 aliphatic carbocycles. The Labute approximate surface area is 149 Å². The summed E-state index contributed by atoms with van der Waals surface area (Å²) in [6, 6.07) is 15.3. The molecule has 26 heavy (non-hydrogen) atoms. The van der Waals surface area contributed by atoms with Gasteiger partial charge in [0, 0.05) is 34.6 Å². The molecule has 0 aliphatic rings. The van der Waals surface area contributed by atoms with Crippen LogP contribution in [-0.2, 0) is 0 Å². The van der Waals surface area contributed by atoms with Crippen molar-refractivity contribution in [1.29, 1.82) is 0 Å². The standard InChI is InChI=1S/C20H16F2N4/c1-12-10-18(24-15-8-9-16(21)17(22)11-15)26-20(23-12)13(2)19(25-26)14-6-4-3-5-7-14/h3-11,24H,1-2H3. The van der Waals surface area contributed by atoms with Gasteiger partial charge >= 0.3 is 0 Å². The number of nitrogens with one attached hydrogen (secondary N) is 1. The number of rotatable bonds is 3. The molecule has 0 atom stereocenters. The van der Waals surface area contributed by atoms with Crippen LogP contribution in [0.4, 0.5) is 20.3 Å². The van der Waals surface area contributed by atoms with Gasteiger partial charge < -0.3 is 5.32 Å².